The van der Waals surface area contributed by atoms with Gasteiger partial charge in [-0.2, -0.15) is 0 Å². The number of nitrogens with one attached hydrogen (secondary N) is 1. The van der Waals surface area contributed by atoms with Crippen molar-refractivity contribution in [1.29, 1.82) is 0 Å². The van der Waals surface area contributed by atoms with Gasteiger partial charge in [0.25, 0.3) is 0 Å². The molecule has 0 radical (unpaired) electrons. The first-order valence-electron chi connectivity index (χ1n) is 6.87. The van der Waals surface area contributed by atoms with Crippen LogP contribution in [0.25, 0.3) is 10.9 Å². The van der Waals surface area contributed by atoms with Gasteiger partial charge in [-0.1, -0.05) is 27.7 Å². The maximum Gasteiger partial charge on any atom is 0.150 e. The van der Waals surface area contributed by atoms with Gasteiger partial charge in [0.2, 0.25) is 0 Å². The van der Waals surface area contributed by atoms with Crippen molar-refractivity contribution < 1.29 is 4.39 Å². The van der Waals surface area contributed by atoms with Gasteiger partial charge in [-0.25, -0.2) is 4.39 Å². The van der Waals surface area contributed by atoms with Crippen molar-refractivity contribution >= 4 is 22.3 Å². The summed E-state index contributed by atoms with van der Waals surface area (Å²) >= 11 is 0. The van der Waals surface area contributed by atoms with Crippen molar-refractivity contribution in [2.24, 2.45) is 11.3 Å². The number of nitrogens with two attached hydrogens (primary N) is 1. The number of anilines is 2. The van der Waals surface area contributed by atoms with Gasteiger partial charge in [0.1, 0.15) is 0 Å². The second-order valence-corrected chi connectivity index (χ2v) is 6.37. The molecule has 20 heavy (non-hydrogen) atoms. The summed E-state index contributed by atoms with van der Waals surface area (Å²) in [6, 6.07) is 5.02. The van der Waals surface area contributed by atoms with E-state index in [0.29, 0.717) is 29.4 Å². The lowest BCUT2D eigenvalue weighted by Crippen LogP contribution is -2.25. The van der Waals surface area contributed by atoms with Crippen LogP contribution in [0.5, 0.6) is 0 Å². The van der Waals surface area contributed by atoms with E-state index in [1.54, 1.807) is 12.3 Å². The molecule has 2 aromatic rings. The number of fused-ring (bicyclic) bond motifs is 1. The maximum absolute atomic E-state index is 14.1. The van der Waals surface area contributed by atoms with Crippen molar-refractivity contribution in [2.45, 2.75) is 27.7 Å². The number of aromatic nitrogens is 1. The second kappa shape index (κ2) is 5.27. The van der Waals surface area contributed by atoms with Gasteiger partial charge >= 0.3 is 0 Å². The molecular weight excluding hydrogens is 253 g/mol. The number of rotatable bonds is 3. The SMILES string of the molecule is CC(CNc1c(F)cc(N)c2cccnc12)C(C)(C)C. The molecule has 1 heterocycles. The largest absolute Gasteiger partial charge is 0.398 e. The summed E-state index contributed by atoms with van der Waals surface area (Å²) in [6.45, 7) is 9.37. The molecule has 0 saturated heterocycles. The first-order valence-corrected chi connectivity index (χ1v) is 6.87. The van der Waals surface area contributed by atoms with Crippen LogP contribution in [0.4, 0.5) is 15.8 Å². The fourth-order valence-electron chi connectivity index (χ4n) is 1.97. The van der Waals surface area contributed by atoms with E-state index in [1.165, 1.54) is 6.07 Å². The number of pyridine rings is 1. The standard InChI is InChI=1S/C16H22FN3/c1-10(16(2,3)4)9-20-15-12(17)8-13(18)11-6-5-7-19-14(11)15/h5-8,10,20H,9,18H2,1-4H3. The average Bonchev–Trinajstić information content (AvgIpc) is 2.37. The van der Waals surface area contributed by atoms with Crippen LogP contribution in [-0.4, -0.2) is 11.5 Å². The molecule has 0 amide bonds. The van der Waals surface area contributed by atoms with Crippen LogP contribution in [0.2, 0.25) is 0 Å². The second-order valence-electron chi connectivity index (χ2n) is 6.37. The molecule has 1 unspecified atom stereocenters. The highest BCUT2D eigenvalue weighted by molar-refractivity contribution is 5.98. The summed E-state index contributed by atoms with van der Waals surface area (Å²) in [7, 11) is 0. The van der Waals surface area contributed by atoms with Crippen LogP contribution in [0.3, 0.4) is 0 Å². The number of benzene rings is 1. The van der Waals surface area contributed by atoms with Crippen LogP contribution in [0.1, 0.15) is 27.7 Å². The number of nitrogen functional groups attached to an aromatic ring is 1. The molecule has 1 aromatic heterocycles. The van der Waals surface area contributed by atoms with Crippen molar-refractivity contribution in [3.63, 3.8) is 0 Å². The summed E-state index contributed by atoms with van der Waals surface area (Å²) in [5.74, 6) is 0.0491. The first kappa shape index (κ1) is 14.6. The molecule has 1 aromatic carbocycles. The van der Waals surface area contributed by atoms with Crippen molar-refractivity contribution in [2.75, 3.05) is 17.6 Å². The normalized spacial score (nSPS) is 13.4. The lowest BCUT2D eigenvalue weighted by atomic mass is 9.82. The monoisotopic (exact) mass is 275 g/mol. The summed E-state index contributed by atoms with van der Waals surface area (Å²) in [5, 5.41) is 3.97. The van der Waals surface area contributed by atoms with Crippen LogP contribution in [0, 0.1) is 17.2 Å². The topological polar surface area (TPSA) is 50.9 Å². The molecule has 108 valence electrons. The first-order chi connectivity index (χ1) is 9.30. The molecule has 3 nitrogen and oxygen atoms in total. The zero-order valence-corrected chi connectivity index (χ0v) is 12.5. The van der Waals surface area contributed by atoms with Crippen LogP contribution < -0.4 is 11.1 Å². The van der Waals surface area contributed by atoms with Gasteiger partial charge in [-0.15, -0.1) is 0 Å². The van der Waals surface area contributed by atoms with Gasteiger partial charge in [0.15, 0.2) is 5.82 Å². The van der Waals surface area contributed by atoms with Crippen molar-refractivity contribution in [3.05, 3.63) is 30.2 Å². The molecule has 0 aliphatic carbocycles. The molecule has 1 atom stereocenters. The van der Waals surface area contributed by atoms with Crippen LogP contribution >= 0.6 is 0 Å². The molecule has 0 spiro atoms. The molecule has 0 saturated carbocycles. The molecular formula is C16H22FN3. The Balaban J connectivity index is 2.35. The van der Waals surface area contributed by atoms with Gasteiger partial charge in [-0.3, -0.25) is 4.98 Å². The third-order valence-corrected chi connectivity index (χ3v) is 3.94. The van der Waals surface area contributed by atoms with Crippen LogP contribution in [-0.2, 0) is 0 Å². The minimum absolute atomic E-state index is 0.167. The predicted octanol–water partition coefficient (Wildman–Crippen LogP) is 4.05. The molecule has 0 aliphatic rings. The van der Waals surface area contributed by atoms with E-state index in [4.69, 9.17) is 5.73 Å². The Hall–Kier alpha value is -1.84. The van der Waals surface area contributed by atoms with E-state index in [2.05, 4.69) is 38.0 Å². The highest BCUT2D eigenvalue weighted by Gasteiger charge is 2.21. The number of hydrogen-bond donors (Lipinski definition) is 2. The van der Waals surface area contributed by atoms with Gasteiger partial charge in [0.05, 0.1) is 11.2 Å². The summed E-state index contributed by atoms with van der Waals surface area (Å²) in [5.41, 5.74) is 7.45. The fraction of sp³-hybridized carbons (Fsp3) is 0.438. The minimum atomic E-state index is -0.352. The lowest BCUT2D eigenvalue weighted by Gasteiger charge is -2.28. The van der Waals surface area contributed by atoms with E-state index < -0.39 is 0 Å². The highest BCUT2D eigenvalue weighted by Crippen LogP contribution is 2.31. The highest BCUT2D eigenvalue weighted by atomic mass is 19.1. The van der Waals surface area contributed by atoms with E-state index in [0.717, 1.165) is 5.39 Å². The Bertz CT molecular complexity index is 617. The van der Waals surface area contributed by atoms with E-state index in [-0.39, 0.29) is 11.2 Å². The lowest BCUT2D eigenvalue weighted by molar-refractivity contribution is 0.274. The zero-order chi connectivity index (χ0) is 14.9. The Morgan fingerprint density at radius 2 is 2.10 bits per heavy atom. The Kier molecular flexibility index (Phi) is 3.84. The summed E-state index contributed by atoms with van der Waals surface area (Å²) in [6.07, 6.45) is 1.65. The molecule has 0 bridgehead atoms. The fourth-order valence-corrected chi connectivity index (χ4v) is 1.97. The molecule has 4 heteroatoms. The molecule has 0 aliphatic heterocycles. The number of hydrogen-bond acceptors (Lipinski definition) is 3. The number of nitrogens with zero attached hydrogens (tertiary/aromatic N) is 1. The van der Waals surface area contributed by atoms with E-state index >= 15 is 0 Å². The third kappa shape index (κ3) is 2.84. The van der Waals surface area contributed by atoms with E-state index in [9.17, 15) is 4.39 Å². The minimum Gasteiger partial charge on any atom is -0.398 e. The van der Waals surface area contributed by atoms with E-state index in [1.807, 2.05) is 6.07 Å². The third-order valence-electron chi connectivity index (χ3n) is 3.94. The maximum atomic E-state index is 14.1. The Morgan fingerprint density at radius 3 is 2.75 bits per heavy atom. The van der Waals surface area contributed by atoms with Crippen LogP contribution in [0.15, 0.2) is 24.4 Å². The quantitative estimate of drug-likeness (QED) is 0.831. The zero-order valence-electron chi connectivity index (χ0n) is 12.5. The number of halogens is 1. The van der Waals surface area contributed by atoms with Crippen molar-refractivity contribution in [1.82, 2.24) is 4.98 Å². The Labute approximate surface area is 119 Å². The molecule has 0 fully saturated rings. The smallest absolute Gasteiger partial charge is 0.150 e. The predicted molar refractivity (Wildman–Crippen MR) is 83.2 cm³/mol. The molecule has 3 N–H and O–H groups in total. The summed E-state index contributed by atoms with van der Waals surface area (Å²) in [4.78, 5) is 4.26. The summed E-state index contributed by atoms with van der Waals surface area (Å²) < 4.78 is 14.1. The van der Waals surface area contributed by atoms with Gasteiger partial charge in [-0.05, 0) is 29.5 Å². The molecule has 2 rings (SSSR count). The Morgan fingerprint density at radius 1 is 1.40 bits per heavy atom. The average molecular weight is 275 g/mol. The van der Waals surface area contributed by atoms with Gasteiger partial charge < -0.3 is 11.1 Å². The van der Waals surface area contributed by atoms with Crippen molar-refractivity contribution in [3.8, 4) is 0 Å². The van der Waals surface area contributed by atoms with Gasteiger partial charge in [0, 0.05) is 23.8 Å².